The van der Waals surface area contributed by atoms with Crippen molar-refractivity contribution in [3.63, 3.8) is 0 Å². The molecule has 19 heavy (non-hydrogen) atoms. The summed E-state index contributed by atoms with van der Waals surface area (Å²) < 4.78 is 1.08. The Morgan fingerprint density at radius 2 is 2.26 bits per heavy atom. The maximum absolute atomic E-state index is 11.7. The molecule has 3 nitrogen and oxygen atoms in total. The lowest BCUT2D eigenvalue weighted by atomic mass is 9.72. The summed E-state index contributed by atoms with van der Waals surface area (Å²) in [5, 5.41) is 6.20. The van der Waals surface area contributed by atoms with Gasteiger partial charge in [-0.05, 0) is 37.0 Å². The van der Waals surface area contributed by atoms with Crippen molar-refractivity contribution in [1.29, 1.82) is 0 Å². The second kappa shape index (κ2) is 6.35. The van der Waals surface area contributed by atoms with Gasteiger partial charge in [0.2, 0.25) is 5.91 Å². The summed E-state index contributed by atoms with van der Waals surface area (Å²) in [6, 6.07) is 8.32. The molecular formula is C15H19BrN2O. The fourth-order valence-corrected chi connectivity index (χ4v) is 2.78. The molecule has 0 radical (unpaired) electrons. The predicted octanol–water partition coefficient (Wildman–Crippen LogP) is 2.72. The van der Waals surface area contributed by atoms with Gasteiger partial charge in [0.15, 0.2) is 0 Å². The van der Waals surface area contributed by atoms with Crippen LogP contribution >= 0.6 is 15.9 Å². The van der Waals surface area contributed by atoms with Crippen LogP contribution in [0.25, 0.3) is 0 Å². The summed E-state index contributed by atoms with van der Waals surface area (Å²) >= 11 is 3.50. The molecule has 0 atom stereocenters. The third-order valence-electron chi connectivity index (χ3n) is 3.62. The van der Waals surface area contributed by atoms with Gasteiger partial charge in [0.05, 0.1) is 6.54 Å². The van der Waals surface area contributed by atoms with Crippen LogP contribution in [0.15, 0.2) is 41.4 Å². The first-order valence-corrected chi connectivity index (χ1v) is 7.34. The highest BCUT2D eigenvalue weighted by Crippen LogP contribution is 2.41. The Kier molecular flexibility index (Phi) is 4.77. The van der Waals surface area contributed by atoms with Crippen molar-refractivity contribution in [2.75, 3.05) is 13.1 Å². The van der Waals surface area contributed by atoms with E-state index in [2.05, 4.69) is 45.3 Å². The molecule has 0 unspecified atom stereocenters. The lowest BCUT2D eigenvalue weighted by molar-refractivity contribution is -0.120. The molecule has 1 fully saturated rings. The normalized spacial score (nSPS) is 16.5. The molecule has 0 saturated heterocycles. The van der Waals surface area contributed by atoms with Crippen molar-refractivity contribution in [3.05, 3.63) is 47.0 Å². The highest BCUT2D eigenvalue weighted by Gasteiger charge is 2.38. The molecule has 0 bridgehead atoms. The number of carbonyl (C=O) groups is 1. The molecule has 1 aliphatic carbocycles. The van der Waals surface area contributed by atoms with Crippen LogP contribution in [0.2, 0.25) is 0 Å². The van der Waals surface area contributed by atoms with Gasteiger partial charge in [0.1, 0.15) is 0 Å². The number of rotatable bonds is 6. The van der Waals surface area contributed by atoms with E-state index >= 15 is 0 Å². The minimum absolute atomic E-state index is 0.0150. The number of halogens is 1. The SMILES string of the molecule is C=CCNC(=O)CNC1(c2cccc(Br)c2)CCC1. The van der Waals surface area contributed by atoms with Gasteiger partial charge in [-0.25, -0.2) is 0 Å². The zero-order valence-corrected chi connectivity index (χ0v) is 12.5. The average molecular weight is 323 g/mol. The van der Waals surface area contributed by atoms with Crippen LogP contribution in [0.1, 0.15) is 24.8 Å². The Labute approximate surface area is 122 Å². The van der Waals surface area contributed by atoms with Crippen LogP contribution in [0.4, 0.5) is 0 Å². The number of hydrogen-bond donors (Lipinski definition) is 2. The third-order valence-corrected chi connectivity index (χ3v) is 4.11. The molecule has 2 rings (SSSR count). The zero-order valence-electron chi connectivity index (χ0n) is 10.9. The smallest absolute Gasteiger partial charge is 0.234 e. The van der Waals surface area contributed by atoms with E-state index in [0.717, 1.165) is 17.3 Å². The van der Waals surface area contributed by atoms with E-state index in [9.17, 15) is 4.79 Å². The lowest BCUT2D eigenvalue weighted by Gasteiger charge is -2.43. The van der Waals surface area contributed by atoms with Gasteiger partial charge >= 0.3 is 0 Å². The van der Waals surface area contributed by atoms with E-state index in [1.807, 2.05) is 12.1 Å². The van der Waals surface area contributed by atoms with Crippen LogP contribution in [-0.4, -0.2) is 19.0 Å². The molecule has 2 N–H and O–H groups in total. The minimum Gasteiger partial charge on any atom is -0.352 e. The van der Waals surface area contributed by atoms with Crippen LogP contribution in [-0.2, 0) is 10.3 Å². The van der Waals surface area contributed by atoms with Crippen molar-refractivity contribution in [3.8, 4) is 0 Å². The summed E-state index contributed by atoms with van der Waals surface area (Å²) in [7, 11) is 0. The van der Waals surface area contributed by atoms with Crippen LogP contribution in [0.3, 0.4) is 0 Å². The van der Waals surface area contributed by atoms with Crippen molar-refractivity contribution < 1.29 is 4.79 Å². The van der Waals surface area contributed by atoms with Crippen molar-refractivity contribution >= 4 is 21.8 Å². The first-order chi connectivity index (χ1) is 9.16. The quantitative estimate of drug-likeness (QED) is 0.791. The number of nitrogens with one attached hydrogen (secondary N) is 2. The number of benzene rings is 1. The average Bonchev–Trinajstić information content (AvgIpc) is 2.35. The van der Waals surface area contributed by atoms with E-state index in [1.54, 1.807) is 6.08 Å². The Morgan fingerprint density at radius 3 is 2.84 bits per heavy atom. The highest BCUT2D eigenvalue weighted by atomic mass is 79.9. The number of hydrogen-bond acceptors (Lipinski definition) is 2. The van der Waals surface area contributed by atoms with Gasteiger partial charge in [-0.1, -0.05) is 34.1 Å². The first kappa shape index (κ1) is 14.3. The summed E-state index contributed by atoms with van der Waals surface area (Å²) in [6.45, 7) is 4.45. The largest absolute Gasteiger partial charge is 0.352 e. The van der Waals surface area contributed by atoms with Crippen molar-refractivity contribution in [2.45, 2.75) is 24.8 Å². The fraction of sp³-hybridized carbons (Fsp3) is 0.400. The standard InChI is InChI=1S/C15H19BrN2O/c1-2-9-17-14(19)11-18-15(7-4-8-15)12-5-3-6-13(16)10-12/h2-3,5-6,10,18H,1,4,7-9,11H2,(H,17,19). The Bertz CT molecular complexity index is 469. The third kappa shape index (κ3) is 3.45. The second-order valence-electron chi connectivity index (χ2n) is 4.89. The lowest BCUT2D eigenvalue weighted by Crippen LogP contribution is -2.51. The van der Waals surface area contributed by atoms with Crippen LogP contribution < -0.4 is 10.6 Å². The molecule has 1 aromatic rings. The summed E-state index contributed by atoms with van der Waals surface area (Å²) in [5.74, 6) is 0.0150. The molecule has 0 aliphatic heterocycles. The number of carbonyl (C=O) groups excluding carboxylic acids is 1. The topological polar surface area (TPSA) is 41.1 Å². The Hall–Kier alpha value is -1.13. The van der Waals surface area contributed by atoms with E-state index < -0.39 is 0 Å². The van der Waals surface area contributed by atoms with Gasteiger partial charge in [-0.2, -0.15) is 0 Å². The van der Waals surface area contributed by atoms with Gasteiger partial charge in [0, 0.05) is 16.6 Å². The molecule has 0 heterocycles. The monoisotopic (exact) mass is 322 g/mol. The zero-order chi connectivity index (χ0) is 13.7. The molecule has 1 amide bonds. The van der Waals surface area contributed by atoms with Gasteiger partial charge in [-0.3, -0.25) is 10.1 Å². The summed E-state index contributed by atoms with van der Waals surface area (Å²) in [5.41, 5.74) is 1.22. The molecule has 1 aliphatic rings. The van der Waals surface area contributed by atoms with Crippen LogP contribution in [0.5, 0.6) is 0 Å². The second-order valence-corrected chi connectivity index (χ2v) is 5.81. The predicted molar refractivity (Wildman–Crippen MR) is 80.9 cm³/mol. The van der Waals surface area contributed by atoms with Gasteiger partial charge in [-0.15, -0.1) is 6.58 Å². The molecule has 1 aromatic carbocycles. The molecule has 102 valence electrons. The fourth-order valence-electron chi connectivity index (χ4n) is 2.38. The molecule has 0 aromatic heterocycles. The number of amides is 1. The highest BCUT2D eigenvalue weighted by molar-refractivity contribution is 9.10. The molecule has 0 spiro atoms. The van der Waals surface area contributed by atoms with E-state index in [0.29, 0.717) is 13.1 Å². The molecule has 1 saturated carbocycles. The van der Waals surface area contributed by atoms with E-state index in [4.69, 9.17) is 0 Å². The Balaban J connectivity index is 1.99. The van der Waals surface area contributed by atoms with E-state index in [1.165, 1.54) is 12.0 Å². The maximum atomic E-state index is 11.7. The van der Waals surface area contributed by atoms with Gasteiger partial charge < -0.3 is 5.32 Å². The summed E-state index contributed by atoms with van der Waals surface area (Å²) in [6.07, 6.45) is 5.05. The first-order valence-electron chi connectivity index (χ1n) is 6.55. The maximum Gasteiger partial charge on any atom is 0.234 e. The Morgan fingerprint density at radius 1 is 1.47 bits per heavy atom. The summed E-state index contributed by atoms with van der Waals surface area (Å²) in [4.78, 5) is 11.7. The van der Waals surface area contributed by atoms with Crippen molar-refractivity contribution in [1.82, 2.24) is 10.6 Å². The van der Waals surface area contributed by atoms with Crippen molar-refractivity contribution in [2.24, 2.45) is 0 Å². The molecule has 4 heteroatoms. The molecular weight excluding hydrogens is 304 g/mol. The van der Waals surface area contributed by atoms with E-state index in [-0.39, 0.29) is 11.4 Å². The van der Waals surface area contributed by atoms with Gasteiger partial charge in [0.25, 0.3) is 0 Å². The van der Waals surface area contributed by atoms with Crippen LogP contribution in [0, 0.1) is 0 Å². The minimum atomic E-state index is -0.0324.